The van der Waals surface area contributed by atoms with Gasteiger partial charge >= 0.3 is 0 Å². The highest BCUT2D eigenvalue weighted by Gasteiger charge is 2.38. The molecule has 9 heteroatoms. The van der Waals surface area contributed by atoms with Crippen LogP contribution in [0.3, 0.4) is 0 Å². The van der Waals surface area contributed by atoms with Crippen LogP contribution in [-0.2, 0) is 4.79 Å². The highest BCUT2D eigenvalue weighted by atomic mass is 16.3. The lowest BCUT2D eigenvalue weighted by Gasteiger charge is -2.26. The van der Waals surface area contributed by atoms with E-state index < -0.39 is 12.0 Å². The minimum Gasteiger partial charge on any atom is -0.394 e. The van der Waals surface area contributed by atoms with Crippen molar-refractivity contribution in [3.8, 4) is 0 Å². The SMILES string of the molecule is O=CNc1cncc(C(=O)C2CN(C(CO)CO)c3ncncc32)c1. The fourth-order valence-electron chi connectivity index (χ4n) is 2.93. The smallest absolute Gasteiger partial charge is 0.211 e. The number of Topliss-reactive ketones (excluding diaryl/α,β-unsaturated/α-hetero) is 1. The Morgan fingerprint density at radius 1 is 1.32 bits per heavy atom. The van der Waals surface area contributed by atoms with Gasteiger partial charge < -0.3 is 20.4 Å². The van der Waals surface area contributed by atoms with Gasteiger partial charge in [-0.15, -0.1) is 0 Å². The summed E-state index contributed by atoms with van der Waals surface area (Å²) in [5.41, 5.74) is 1.40. The standard InChI is InChI=1S/C16H17N5O4/c22-6-12(7-23)21-5-14(13-4-18-8-19-16(13)21)15(25)10-1-11(20-9-24)3-17-2-10/h1-4,8-9,12,14,22-23H,5-7H2,(H,20,24). The van der Waals surface area contributed by atoms with Gasteiger partial charge in [-0.2, -0.15) is 0 Å². The molecule has 0 saturated carbocycles. The van der Waals surface area contributed by atoms with Crippen LogP contribution in [0.4, 0.5) is 11.5 Å². The Balaban J connectivity index is 1.93. The van der Waals surface area contributed by atoms with E-state index in [9.17, 15) is 19.8 Å². The molecule has 3 rings (SSSR count). The molecule has 0 bridgehead atoms. The van der Waals surface area contributed by atoms with Crippen LogP contribution in [0.1, 0.15) is 21.8 Å². The van der Waals surface area contributed by atoms with Gasteiger partial charge in [0, 0.05) is 30.1 Å². The molecule has 0 saturated heterocycles. The summed E-state index contributed by atoms with van der Waals surface area (Å²) in [5, 5.41) is 21.4. The number of aromatic nitrogens is 3. The average Bonchev–Trinajstić information content (AvgIpc) is 3.02. The molecule has 1 aliphatic heterocycles. The first-order valence-electron chi connectivity index (χ1n) is 7.67. The Bertz CT molecular complexity index is 781. The third-order valence-corrected chi connectivity index (χ3v) is 4.17. The summed E-state index contributed by atoms with van der Waals surface area (Å²) in [5.74, 6) is -0.225. The van der Waals surface area contributed by atoms with E-state index in [1.165, 1.54) is 18.7 Å². The number of ketones is 1. The van der Waals surface area contributed by atoms with E-state index in [0.717, 1.165) is 0 Å². The number of amides is 1. The third-order valence-electron chi connectivity index (χ3n) is 4.17. The minimum absolute atomic E-state index is 0.199. The molecule has 0 radical (unpaired) electrons. The maximum atomic E-state index is 12.9. The van der Waals surface area contributed by atoms with Crippen molar-refractivity contribution in [3.05, 3.63) is 42.1 Å². The molecular weight excluding hydrogens is 326 g/mol. The Labute approximate surface area is 143 Å². The number of hydrogen-bond acceptors (Lipinski definition) is 8. The number of nitrogens with one attached hydrogen (secondary N) is 1. The number of carbonyl (C=O) groups is 2. The second-order valence-corrected chi connectivity index (χ2v) is 5.61. The number of fused-ring (bicyclic) bond motifs is 1. The van der Waals surface area contributed by atoms with E-state index in [0.29, 0.717) is 29.0 Å². The lowest BCUT2D eigenvalue weighted by Crippen LogP contribution is -2.41. The molecule has 2 aromatic heterocycles. The topological polar surface area (TPSA) is 129 Å². The van der Waals surface area contributed by atoms with Crippen LogP contribution >= 0.6 is 0 Å². The molecule has 9 nitrogen and oxygen atoms in total. The summed E-state index contributed by atoms with van der Waals surface area (Å²) in [6, 6.07) is 0.999. The molecule has 1 amide bonds. The molecule has 0 aliphatic carbocycles. The van der Waals surface area contributed by atoms with Gasteiger partial charge in [-0.3, -0.25) is 14.6 Å². The van der Waals surface area contributed by atoms with E-state index in [4.69, 9.17) is 0 Å². The highest BCUT2D eigenvalue weighted by molar-refractivity contribution is 6.03. The second-order valence-electron chi connectivity index (χ2n) is 5.61. The maximum Gasteiger partial charge on any atom is 0.211 e. The Morgan fingerprint density at radius 3 is 2.84 bits per heavy atom. The quantitative estimate of drug-likeness (QED) is 0.457. The van der Waals surface area contributed by atoms with Crippen LogP contribution in [0.25, 0.3) is 0 Å². The first-order valence-corrected chi connectivity index (χ1v) is 7.67. The van der Waals surface area contributed by atoms with Crippen molar-refractivity contribution < 1.29 is 19.8 Å². The van der Waals surface area contributed by atoms with E-state index in [1.54, 1.807) is 17.2 Å². The van der Waals surface area contributed by atoms with Crippen LogP contribution in [0.15, 0.2) is 31.0 Å². The number of carbonyl (C=O) groups excluding carboxylic acids is 2. The second kappa shape index (κ2) is 7.32. The summed E-state index contributed by atoms with van der Waals surface area (Å²) in [4.78, 5) is 37.4. The van der Waals surface area contributed by atoms with Crippen molar-refractivity contribution >= 4 is 23.7 Å². The van der Waals surface area contributed by atoms with Crippen LogP contribution < -0.4 is 10.2 Å². The largest absolute Gasteiger partial charge is 0.394 e. The van der Waals surface area contributed by atoms with Gasteiger partial charge in [0.05, 0.1) is 37.1 Å². The van der Waals surface area contributed by atoms with Crippen molar-refractivity contribution in [3.63, 3.8) is 0 Å². The molecule has 25 heavy (non-hydrogen) atoms. The number of nitrogens with zero attached hydrogens (tertiary/aromatic N) is 4. The Morgan fingerprint density at radius 2 is 2.12 bits per heavy atom. The number of aliphatic hydroxyl groups is 2. The summed E-state index contributed by atoms with van der Waals surface area (Å²) < 4.78 is 0. The van der Waals surface area contributed by atoms with E-state index in [1.807, 2.05) is 0 Å². The molecule has 0 aromatic carbocycles. The summed E-state index contributed by atoms with van der Waals surface area (Å²) in [6.07, 6.45) is 6.31. The number of pyridine rings is 1. The van der Waals surface area contributed by atoms with Gasteiger partial charge in [0.2, 0.25) is 6.41 Å². The van der Waals surface area contributed by atoms with E-state index >= 15 is 0 Å². The van der Waals surface area contributed by atoms with Gasteiger partial charge in [0.15, 0.2) is 5.78 Å². The molecule has 130 valence electrons. The van der Waals surface area contributed by atoms with Crippen molar-refractivity contribution in [2.75, 3.05) is 30.0 Å². The fraction of sp³-hybridized carbons (Fsp3) is 0.312. The van der Waals surface area contributed by atoms with E-state index in [-0.39, 0.29) is 25.5 Å². The summed E-state index contributed by atoms with van der Waals surface area (Å²) in [6.45, 7) is -0.258. The minimum atomic E-state index is -0.551. The number of anilines is 2. The molecule has 3 N–H and O–H groups in total. The third kappa shape index (κ3) is 3.19. The number of rotatable bonds is 7. The lowest BCUT2D eigenvalue weighted by molar-refractivity contribution is -0.105. The van der Waals surface area contributed by atoms with Gasteiger partial charge in [-0.05, 0) is 6.07 Å². The van der Waals surface area contributed by atoms with Crippen molar-refractivity contribution in [2.45, 2.75) is 12.0 Å². The summed E-state index contributed by atoms with van der Waals surface area (Å²) >= 11 is 0. The Kier molecular flexibility index (Phi) is 4.96. The zero-order chi connectivity index (χ0) is 17.8. The van der Waals surface area contributed by atoms with Crippen molar-refractivity contribution in [1.82, 2.24) is 15.0 Å². The molecule has 1 unspecified atom stereocenters. The molecular formula is C16H17N5O4. The van der Waals surface area contributed by atoms with Crippen LogP contribution in [-0.4, -0.2) is 63.2 Å². The van der Waals surface area contributed by atoms with Crippen molar-refractivity contribution in [1.29, 1.82) is 0 Å². The number of aliphatic hydroxyl groups excluding tert-OH is 2. The first-order chi connectivity index (χ1) is 12.2. The monoisotopic (exact) mass is 343 g/mol. The Hall–Kier alpha value is -2.91. The van der Waals surface area contributed by atoms with Gasteiger partial charge in [-0.1, -0.05) is 0 Å². The molecule has 2 aromatic rings. The molecule has 1 atom stereocenters. The number of hydrogen-bond donors (Lipinski definition) is 3. The summed E-state index contributed by atoms with van der Waals surface area (Å²) in [7, 11) is 0. The predicted molar refractivity (Wildman–Crippen MR) is 88.3 cm³/mol. The highest BCUT2D eigenvalue weighted by Crippen LogP contribution is 2.37. The van der Waals surface area contributed by atoms with Crippen LogP contribution in [0.5, 0.6) is 0 Å². The average molecular weight is 343 g/mol. The lowest BCUT2D eigenvalue weighted by atomic mass is 9.95. The van der Waals surface area contributed by atoms with Crippen molar-refractivity contribution in [2.24, 2.45) is 0 Å². The molecule has 3 heterocycles. The van der Waals surface area contributed by atoms with Crippen LogP contribution in [0.2, 0.25) is 0 Å². The predicted octanol–water partition coefficient (Wildman–Crippen LogP) is -0.420. The maximum absolute atomic E-state index is 12.9. The molecule has 0 spiro atoms. The van der Waals surface area contributed by atoms with Gasteiger partial charge in [0.1, 0.15) is 12.1 Å². The molecule has 1 aliphatic rings. The zero-order valence-electron chi connectivity index (χ0n) is 13.2. The van der Waals surface area contributed by atoms with Gasteiger partial charge in [0.25, 0.3) is 0 Å². The molecule has 0 fully saturated rings. The van der Waals surface area contributed by atoms with E-state index in [2.05, 4.69) is 20.3 Å². The fourth-order valence-corrected chi connectivity index (χ4v) is 2.93. The first kappa shape index (κ1) is 16.9. The van der Waals surface area contributed by atoms with Crippen LogP contribution in [0, 0.1) is 0 Å². The van der Waals surface area contributed by atoms with Gasteiger partial charge in [-0.25, -0.2) is 9.97 Å². The normalized spacial score (nSPS) is 16.0. The zero-order valence-corrected chi connectivity index (χ0v) is 13.2.